The van der Waals surface area contributed by atoms with E-state index < -0.39 is 11.9 Å². The molecule has 1 N–H and O–H groups in total. The first-order valence-electron chi connectivity index (χ1n) is 12.7. The van der Waals surface area contributed by atoms with E-state index in [4.69, 9.17) is 35.0 Å². The van der Waals surface area contributed by atoms with Gasteiger partial charge in [-0.1, -0.05) is 11.6 Å². The Kier molecular flexibility index (Phi) is 9.70. The average molecular weight is 580 g/mol. The number of methoxy groups -OCH3 is 1. The average Bonchev–Trinajstić information content (AvgIpc) is 3.57. The highest BCUT2D eigenvalue weighted by Crippen LogP contribution is 2.34. The number of aryl methyl sites for hydroxylation is 2. The maximum Gasteiger partial charge on any atom is 0.344 e. The predicted octanol–water partition coefficient (Wildman–Crippen LogP) is 5.63. The number of hydrogen-bond donors (Lipinski definition) is 1. The number of esters is 1. The third-order valence-corrected chi connectivity index (χ3v) is 6.13. The van der Waals surface area contributed by atoms with E-state index in [1.165, 1.54) is 25.5 Å². The largest absolute Gasteiger partial charge is 0.493 e. The van der Waals surface area contributed by atoms with E-state index in [1.807, 2.05) is 24.3 Å². The highest BCUT2D eigenvalue weighted by molar-refractivity contribution is 6.31. The molecule has 2 heterocycles. The molecule has 0 aliphatic heterocycles. The molecule has 0 spiro atoms. The third kappa shape index (κ3) is 7.49. The van der Waals surface area contributed by atoms with Gasteiger partial charge < -0.3 is 27.9 Å². The van der Waals surface area contributed by atoms with Crippen molar-refractivity contribution in [3.63, 3.8) is 0 Å². The molecule has 2 aromatic heterocycles. The van der Waals surface area contributed by atoms with Crippen molar-refractivity contribution < 1.29 is 33.0 Å². The summed E-state index contributed by atoms with van der Waals surface area (Å²) >= 11 is 6.17. The fourth-order valence-electron chi connectivity index (χ4n) is 4.04. The Morgan fingerprint density at radius 1 is 1.02 bits per heavy atom. The zero-order valence-electron chi connectivity index (χ0n) is 23.1. The molecule has 0 radical (unpaired) electrons. The summed E-state index contributed by atoms with van der Waals surface area (Å²) in [7, 11) is 1.43. The Morgan fingerprint density at radius 3 is 2.44 bits per heavy atom. The quantitative estimate of drug-likeness (QED) is 0.131. The van der Waals surface area contributed by atoms with E-state index >= 15 is 0 Å². The van der Waals surface area contributed by atoms with Crippen LogP contribution in [0.2, 0.25) is 5.02 Å². The van der Waals surface area contributed by atoms with Crippen LogP contribution in [-0.2, 0) is 16.1 Å². The number of benzene rings is 2. The summed E-state index contributed by atoms with van der Waals surface area (Å²) in [6.07, 6.45) is 1.32. The zero-order chi connectivity index (χ0) is 29.4. The van der Waals surface area contributed by atoms with E-state index in [-0.39, 0.29) is 37.1 Å². The van der Waals surface area contributed by atoms with Gasteiger partial charge in [-0.3, -0.25) is 4.79 Å². The smallest absolute Gasteiger partial charge is 0.344 e. The molecule has 4 rings (SSSR count). The van der Waals surface area contributed by atoms with Crippen molar-refractivity contribution in [1.29, 1.82) is 0 Å². The van der Waals surface area contributed by atoms with Crippen molar-refractivity contribution in [3.8, 4) is 22.9 Å². The Bertz CT molecular complexity index is 1520. The number of carbonyl (C=O) groups excluding carboxylic acids is 2. The number of aromatic nitrogens is 1. The molecule has 10 nitrogen and oxygen atoms in total. The molecular weight excluding hydrogens is 550 g/mol. The van der Waals surface area contributed by atoms with Gasteiger partial charge in [-0.05, 0) is 75.4 Å². The minimum Gasteiger partial charge on any atom is -0.493 e. The number of nitrogens with one attached hydrogen (secondary N) is 1. The highest BCUT2D eigenvalue weighted by Gasteiger charge is 2.15. The van der Waals surface area contributed by atoms with Crippen LogP contribution in [0.5, 0.6) is 17.2 Å². The van der Waals surface area contributed by atoms with E-state index in [2.05, 4.69) is 41.1 Å². The van der Waals surface area contributed by atoms with Crippen molar-refractivity contribution in [2.24, 2.45) is 5.10 Å². The Morgan fingerprint density at radius 2 is 1.76 bits per heavy atom. The maximum atomic E-state index is 12.6. The van der Waals surface area contributed by atoms with Crippen molar-refractivity contribution in [2.75, 3.05) is 20.3 Å². The van der Waals surface area contributed by atoms with E-state index in [9.17, 15) is 9.59 Å². The first kappa shape index (κ1) is 29.3. The van der Waals surface area contributed by atoms with Crippen molar-refractivity contribution >= 4 is 29.7 Å². The zero-order valence-corrected chi connectivity index (χ0v) is 23.9. The summed E-state index contributed by atoms with van der Waals surface area (Å²) in [6, 6.07) is 18.1. The molecule has 0 aliphatic rings. The molecule has 214 valence electrons. The fourth-order valence-corrected chi connectivity index (χ4v) is 4.26. The van der Waals surface area contributed by atoms with Crippen LogP contribution >= 0.6 is 11.6 Å². The van der Waals surface area contributed by atoms with Crippen LogP contribution in [0.3, 0.4) is 0 Å². The Labute approximate surface area is 242 Å². The minimum atomic E-state index is -0.572. The second kappa shape index (κ2) is 13.6. The molecule has 11 heteroatoms. The number of amides is 1. The third-order valence-electron chi connectivity index (χ3n) is 5.91. The van der Waals surface area contributed by atoms with Gasteiger partial charge in [0, 0.05) is 33.7 Å². The Hall–Kier alpha value is -4.70. The summed E-state index contributed by atoms with van der Waals surface area (Å²) < 4.78 is 29.4. The van der Waals surface area contributed by atoms with E-state index in [0.717, 1.165) is 17.1 Å². The number of furan rings is 1. The number of rotatable bonds is 12. The van der Waals surface area contributed by atoms with E-state index in [0.29, 0.717) is 22.1 Å². The molecule has 1 amide bonds. The van der Waals surface area contributed by atoms with Crippen LogP contribution in [-0.4, -0.2) is 43.0 Å². The van der Waals surface area contributed by atoms with Crippen LogP contribution in [0, 0.1) is 13.8 Å². The van der Waals surface area contributed by atoms with Crippen molar-refractivity contribution in [1.82, 2.24) is 9.99 Å². The lowest BCUT2D eigenvalue weighted by atomic mass is 10.2. The van der Waals surface area contributed by atoms with Gasteiger partial charge in [0.25, 0.3) is 0 Å². The molecule has 0 aliphatic carbocycles. The standard InChI is InChI=1S/C30H30ClN3O7/c1-5-38-28(35)18-40-29-21(14-22(31)15-27(29)37-4)16-32-33-30(36)26-13-12-25(41-26)17-39-24-10-8-23(9-11-24)34-19(2)6-7-20(34)3/h6-16H,5,17-18H2,1-4H3,(H,33,36). The molecule has 4 aromatic rings. The van der Waals surface area contributed by atoms with Gasteiger partial charge in [0.2, 0.25) is 0 Å². The summed E-state index contributed by atoms with van der Waals surface area (Å²) in [5, 5.41) is 4.32. The Balaban J connectivity index is 1.35. The summed E-state index contributed by atoms with van der Waals surface area (Å²) in [4.78, 5) is 24.3. The van der Waals surface area contributed by atoms with Gasteiger partial charge in [-0.15, -0.1) is 0 Å². The molecule has 2 aromatic carbocycles. The SMILES string of the molecule is CCOC(=O)COc1c(C=NNC(=O)c2ccc(COc3ccc(-n4c(C)ccc4C)cc3)o2)cc(Cl)cc1OC. The van der Waals surface area contributed by atoms with Crippen molar-refractivity contribution in [2.45, 2.75) is 27.4 Å². The molecule has 0 fully saturated rings. The number of ether oxygens (including phenoxy) is 4. The molecule has 0 atom stereocenters. The van der Waals surface area contributed by atoms with Gasteiger partial charge >= 0.3 is 11.9 Å². The van der Waals surface area contributed by atoms with E-state index in [1.54, 1.807) is 19.1 Å². The van der Waals surface area contributed by atoms with Gasteiger partial charge in [-0.2, -0.15) is 5.10 Å². The second-order valence-electron chi connectivity index (χ2n) is 8.82. The van der Waals surface area contributed by atoms with Crippen LogP contribution in [0.15, 0.2) is 70.2 Å². The van der Waals surface area contributed by atoms with Crippen LogP contribution in [0.25, 0.3) is 5.69 Å². The van der Waals surface area contributed by atoms with Crippen molar-refractivity contribution in [3.05, 3.63) is 94.2 Å². The first-order chi connectivity index (χ1) is 19.8. The number of halogens is 1. The topological polar surface area (TPSA) is 114 Å². The molecule has 41 heavy (non-hydrogen) atoms. The summed E-state index contributed by atoms with van der Waals surface area (Å²) in [5.41, 5.74) is 6.12. The summed E-state index contributed by atoms with van der Waals surface area (Å²) in [6.45, 7) is 5.84. The number of hydrogen-bond acceptors (Lipinski definition) is 8. The molecule has 0 saturated heterocycles. The normalized spacial score (nSPS) is 11.0. The predicted molar refractivity (Wildman–Crippen MR) is 153 cm³/mol. The van der Waals surface area contributed by atoms with Gasteiger partial charge in [-0.25, -0.2) is 10.2 Å². The maximum absolute atomic E-state index is 12.6. The number of nitrogens with zero attached hydrogens (tertiary/aromatic N) is 2. The summed E-state index contributed by atoms with van der Waals surface area (Å²) in [5.74, 6) is 0.574. The minimum absolute atomic E-state index is 0.0529. The second-order valence-corrected chi connectivity index (χ2v) is 9.26. The fraction of sp³-hybridized carbons (Fsp3) is 0.233. The van der Waals surface area contributed by atoms with Crippen LogP contribution in [0.4, 0.5) is 0 Å². The lowest BCUT2D eigenvalue weighted by molar-refractivity contribution is -0.145. The van der Waals surface area contributed by atoms with Crippen LogP contribution < -0.4 is 19.6 Å². The first-order valence-corrected chi connectivity index (χ1v) is 13.1. The molecule has 0 saturated carbocycles. The van der Waals surface area contributed by atoms with Gasteiger partial charge in [0.05, 0.1) is 19.9 Å². The van der Waals surface area contributed by atoms with Gasteiger partial charge in [0.15, 0.2) is 23.9 Å². The highest BCUT2D eigenvalue weighted by atomic mass is 35.5. The molecule has 0 unspecified atom stereocenters. The lowest BCUT2D eigenvalue weighted by Gasteiger charge is -2.13. The number of carbonyl (C=O) groups is 2. The van der Waals surface area contributed by atoms with Gasteiger partial charge in [0.1, 0.15) is 18.1 Å². The van der Waals surface area contributed by atoms with Crippen LogP contribution in [0.1, 0.15) is 40.2 Å². The molecular formula is C30H30ClN3O7. The number of hydrazone groups is 1. The molecule has 0 bridgehead atoms. The monoisotopic (exact) mass is 579 g/mol. The lowest BCUT2D eigenvalue weighted by Crippen LogP contribution is -2.17.